The first-order valence-corrected chi connectivity index (χ1v) is 6.78. The first-order chi connectivity index (χ1) is 8.86. The normalized spacial score (nSPS) is 22.9. The maximum absolute atomic E-state index is 5.98. The van der Waals surface area contributed by atoms with Gasteiger partial charge in [-0.25, -0.2) is 0 Å². The van der Waals surface area contributed by atoms with Gasteiger partial charge in [0.25, 0.3) is 0 Å². The summed E-state index contributed by atoms with van der Waals surface area (Å²) in [6, 6.07) is 10.8. The molecule has 18 heavy (non-hydrogen) atoms. The number of likely N-dealkylation sites (N-methyl/N-ethyl adjacent to an activating group) is 1. The van der Waals surface area contributed by atoms with Gasteiger partial charge in [-0.3, -0.25) is 0 Å². The molecule has 100 valence electrons. The van der Waals surface area contributed by atoms with Crippen molar-refractivity contribution in [1.29, 1.82) is 0 Å². The van der Waals surface area contributed by atoms with Crippen molar-refractivity contribution in [1.82, 2.24) is 5.32 Å². The maximum atomic E-state index is 5.98. The number of rotatable bonds is 6. The Hall–Kier alpha value is -0.900. The van der Waals surface area contributed by atoms with E-state index in [9.17, 15) is 0 Å². The van der Waals surface area contributed by atoms with Gasteiger partial charge in [-0.05, 0) is 26.0 Å². The molecule has 2 rings (SSSR count). The molecule has 0 saturated carbocycles. The monoisotopic (exact) mass is 249 g/mol. The van der Waals surface area contributed by atoms with E-state index in [-0.39, 0.29) is 6.10 Å². The smallest absolute Gasteiger partial charge is 0.0981 e. The van der Waals surface area contributed by atoms with Crippen LogP contribution in [0.4, 0.5) is 0 Å². The molecule has 1 aromatic carbocycles. The van der Waals surface area contributed by atoms with E-state index < -0.39 is 0 Å². The summed E-state index contributed by atoms with van der Waals surface area (Å²) >= 11 is 0. The molecule has 0 radical (unpaired) electrons. The number of hydrogen-bond donors (Lipinski definition) is 1. The van der Waals surface area contributed by atoms with Crippen molar-refractivity contribution in [2.75, 3.05) is 26.9 Å². The van der Waals surface area contributed by atoms with Gasteiger partial charge in [0.1, 0.15) is 0 Å². The predicted molar refractivity (Wildman–Crippen MR) is 72.6 cm³/mol. The quantitative estimate of drug-likeness (QED) is 0.839. The van der Waals surface area contributed by atoms with Crippen molar-refractivity contribution >= 4 is 0 Å². The van der Waals surface area contributed by atoms with Crippen molar-refractivity contribution in [3.05, 3.63) is 35.9 Å². The van der Waals surface area contributed by atoms with Crippen LogP contribution in [0.1, 0.15) is 25.0 Å². The molecule has 0 aromatic heterocycles. The van der Waals surface area contributed by atoms with Crippen molar-refractivity contribution < 1.29 is 9.47 Å². The molecular weight excluding hydrogens is 226 g/mol. The Morgan fingerprint density at radius 3 is 2.72 bits per heavy atom. The van der Waals surface area contributed by atoms with E-state index in [1.807, 2.05) is 20.0 Å². The minimum absolute atomic E-state index is 0.105. The van der Waals surface area contributed by atoms with Crippen LogP contribution in [0.2, 0.25) is 0 Å². The Labute approximate surface area is 109 Å². The Morgan fingerprint density at radius 2 is 2.17 bits per heavy atom. The van der Waals surface area contributed by atoms with Gasteiger partial charge in [-0.15, -0.1) is 0 Å². The molecule has 1 aromatic rings. The third-order valence-electron chi connectivity index (χ3n) is 3.61. The lowest BCUT2D eigenvalue weighted by Gasteiger charge is -2.31. The second-order valence-electron chi connectivity index (χ2n) is 4.72. The van der Waals surface area contributed by atoms with Crippen LogP contribution in [0, 0.1) is 5.92 Å². The molecule has 1 aliphatic rings. The molecule has 1 saturated heterocycles. The van der Waals surface area contributed by atoms with Gasteiger partial charge in [0, 0.05) is 25.2 Å². The van der Waals surface area contributed by atoms with Crippen molar-refractivity contribution in [2.45, 2.75) is 25.5 Å². The molecular formula is C15H23NO2. The average molecular weight is 249 g/mol. The highest BCUT2D eigenvalue weighted by Gasteiger charge is 2.32. The lowest BCUT2D eigenvalue weighted by atomic mass is 9.90. The Balaban J connectivity index is 2.16. The van der Waals surface area contributed by atoms with E-state index in [2.05, 4.69) is 29.6 Å². The van der Waals surface area contributed by atoms with Gasteiger partial charge < -0.3 is 14.8 Å². The fourth-order valence-corrected chi connectivity index (χ4v) is 2.70. The molecule has 1 N–H and O–H groups in total. The molecule has 3 unspecified atom stereocenters. The van der Waals surface area contributed by atoms with Crippen LogP contribution >= 0.6 is 0 Å². The van der Waals surface area contributed by atoms with Crippen LogP contribution in [0.5, 0.6) is 0 Å². The standard InChI is InChI=1S/C15H23NO2/c1-3-18-15(12-7-5-4-6-8-12)14(16-2)13-9-10-17-11-13/h4-8,13-16H,3,9-11H2,1-2H3. The lowest BCUT2D eigenvalue weighted by molar-refractivity contribution is 0.0162. The van der Waals surface area contributed by atoms with Gasteiger partial charge >= 0.3 is 0 Å². The van der Waals surface area contributed by atoms with Gasteiger partial charge in [-0.1, -0.05) is 30.3 Å². The highest BCUT2D eigenvalue weighted by molar-refractivity contribution is 5.19. The van der Waals surface area contributed by atoms with Gasteiger partial charge in [0.05, 0.1) is 12.7 Å². The SMILES string of the molecule is CCOC(c1ccccc1)C(NC)C1CCOC1. The summed E-state index contributed by atoms with van der Waals surface area (Å²) in [6.07, 6.45) is 1.22. The zero-order chi connectivity index (χ0) is 12.8. The first-order valence-electron chi connectivity index (χ1n) is 6.78. The third kappa shape index (κ3) is 3.10. The molecule has 3 heteroatoms. The van der Waals surface area contributed by atoms with Gasteiger partial charge in [-0.2, -0.15) is 0 Å². The number of benzene rings is 1. The van der Waals surface area contributed by atoms with Crippen molar-refractivity contribution in [3.63, 3.8) is 0 Å². The van der Waals surface area contributed by atoms with Crippen LogP contribution in [0.25, 0.3) is 0 Å². The van der Waals surface area contributed by atoms with Gasteiger partial charge in [0.15, 0.2) is 0 Å². The Morgan fingerprint density at radius 1 is 1.39 bits per heavy atom. The number of ether oxygens (including phenoxy) is 2. The van der Waals surface area contributed by atoms with E-state index in [0.29, 0.717) is 12.0 Å². The van der Waals surface area contributed by atoms with E-state index >= 15 is 0 Å². The van der Waals surface area contributed by atoms with Crippen molar-refractivity contribution in [3.8, 4) is 0 Å². The van der Waals surface area contributed by atoms with Crippen LogP contribution in [-0.2, 0) is 9.47 Å². The fourth-order valence-electron chi connectivity index (χ4n) is 2.70. The molecule has 0 amide bonds. The molecule has 0 aliphatic carbocycles. The summed E-state index contributed by atoms with van der Waals surface area (Å²) < 4.78 is 11.5. The predicted octanol–water partition coefficient (Wildman–Crippen LogP) is 2.39. The average Bonchev–Trinajstić information content (AvgIpc) is 2.94. The minimum Gasteiger partial charge on any atom is -0.381 e. The van der Waals surface area contributed by atoms with E-state index in [0.717, 1.165) is 26.2 Å². The van der Waals surface area contributed by atoms with Crippen LogP contribution in [0.3, 0.4) is 0 Å². The topological polar surface area (TPSA) is 30.5 Å². The first kappa shape index (κ1) is 13.5. The second-order valence-corrected chi connectivity index (χ2v) is 4.72. The molecule has 0 spiro atoms. The zero-order valence-corrected chi connectivity index (χ0v) is 11.3. The Bertz CT molecular complexity index is 336. The molecule has 0 bridgehead atoms. The van der Waals surface area contributed by atoms with E-state index in [1.165, 1.54) is 5.56 Å². The fraction of sp³-hybridized carbons (Fsp3) is 0.600. The zero-order valence-electron chi connectivity index (χ0n) is 11.3. The van der Waals surface area contributed by atoms with E-state index in [4.69, 9.17) is 9.47 Å². The summed E-state index contributed by atoms with van der Waals surface area (Å²) in [5.41, 5.74) is 1.24. The highest BCUT2D eigenvalue weighted by atomic mass is 16.5. The van der Waals surface area contributed by atoms with Crippen LogP contribution < -0.4 is 5.32 Å². The number of nitrogens with one attached hydrogen (secondary N) is 1. The summed E-state index contributed by atoms with van der Waals surface area (Å²) in [7, 11) is 2.01. The van der Waals surface area contributed by atoms with Crippen LogP contribution in [-0.4, -0.2) is 32.9 Å². The highest BCUT2D eigenvalue weighted by Crippen LogP contribution is 2.29. The van der Waals surface area contributed by atoms with Crippen molar-refractivity contribution in [2.24, 2.45) is 5.92 Å². The molecule has 1 heterocycles. The Kier molecular flexibility index (Phi) is 5.17. The molecule has 1 fully saturated rings. The van der Waals surface area contributed by atoms with Crippen LogP contribution in [0.15, 0.2) is 30.3 Å². The summed E-state index contributed by atoms with van der Waals surface area (Å²) in [5.74, 6) is 0.534. The van der Waals surface area contributed by atoms with Gasteiger partial charge in [0.2, 0.25) is 0 Å². The minimum atomic E-state index is 0.105. The number of hydrogen-bond acceptors (Lipinski definition) is 3. The molecule has 3 nitrogen and oxygen atoms in total. The molecule has 3 atom stereocenters. The summed E-state index contributed by atoms with van der Waals surface area (Å²) in [6.45, 7) is 4.48. The maximum Gasteiger partial charge on any atom is 0.0981 e. The van der Waals surface area contributed by atoms with E-state index in [1.54, 1.807) is 0 Å². The summed E-state index contributed by atoms with van der Waals surface area (Å²) in [5, 5.41) is 3.42. The molecule has 1 aliphatic heterocycles. The third-order valence-corrected chi connectivity index (χ3v) is 3.61. The largest absolute Gasteiger partial charge is 0.381 e. The second kappa shape index (κ2) is 6.88. The lowest BCUT2D eigenvalue weighted by Crippen LogP contribution is -2.40. The summed E-state index contributed by atoms with van der Waals surface area (Å²) in [4.78, 5) is 0.